The van der Waals surface area contributed by atoms with E-state index in [0.717, 1.165) is 12.5 Å². The van der Waals surface area contributed by atoms with Crippen molar-refractivity contribution in [3.8, 4) is 0 Å². The quantitative estimate of drug-likeness (QED) is 0.818. The van der Waals surface area contributed by atoms with E-state index in [1.165, 1.54) is 45.1 Å². The lowest BCUT2D eigenvalue weighted by atomic mass is 9.78. The van der Waals surface area contributed by atoms with Gasteiger partial charge in [-0.25, -0.2) is 0 Å². The fraction of sp³-hybridized carbons (Fsp3) is 0.667. The lowest BCUT2D eigenvalue weighted by Crippen LogP contribution is -2.35. The predicted molar refractivity (Wildman–Crippen MR) is 81.5 cm³/mol. The average molecular weight is 257 g/mol. The lowest BCUT2D eigenvalue weighted by Gasteiger charge is -2.30. The number of fused-ring (bicyclic) bond motifs is 1. The molecule has 1 fully saturated rings. The molecule has 1 nitrogen and oxygen atoms in total. The fourth-order valence-corrected chi connectivity index (χ4v) is 3.74. The molecule has 3 rings (SSSR count). The Hall–Kier alpha value is -0.820. The second-order valence-electron chi connectivity index (χ2n) is 6.84. The normalized spacial score (nSPS) is 21.2. The molecule has 0 radical (unpaired) electrons. The molecule has 2 aliphatic carbocycles. The maximum Gasteiger partial charge on any atom is 0.00109 e. The van der Waals surface area contributed by atoms with E-state index in [2.05, 4.69) is 37.4 Å². The Balaban J connectivity index is 1.74. The van der Waals surface area contributed by atoms with Crippen molar-refractivity contribution < 1.29 is 0 Å². The Morgan fingerprint density at radius 1 is 1.21 bits per heavy atom. The molecule has 0 bridgehead atoms. The van der Waals surface area contributed by atoms with Crippen LogP contribution in [0.1, 0.15) is 49.8 Å². The van der Waals surface area contributed by atoms with Crippen LogP contribution in [0.15, 0.2) is 18.2 Å². The van der Waals surface area contributed by atoms with Crippen LogP contribution in [0.2, 0.25) is 0 Å². The molecule has 104 valence electrons. The van der Waals surface area contributed by atoms with Crippen LogP contribution in [0.4, 0.5) is 0 Å². The van der Waals surface area contributed by atoms with Gasteiger partial charge in [0.2, 0.25) is 0 Å². The third kappa shape index (κ3) is 2.86. The summed E-state index contributed by atoms with van der Waals surface area (Å²) in [6.07, 6.45) is 8.08. The number of benzene rings is 1. The van der Waals surface area contributed by atoms with E-state index in [1.54, 1.807) is 16.7 Å². The van der Waals surface area contributed by atoms with Crippen LogP contribution in [0.25, 0.3) is 0 Å². The first kappa shape index (κ1) is 13.2. The Kier molecular flexibility index (Phi) is 3.66. The summed E-state index contributed by atoms with van der Waals surface area (Å²) in [5.74, 6) is 0.944. The highest BCUT2D eigenvalue weighted by molar-refractivity contribution is 5.35. The van der Waals surface area contributed by atoms with E-state index in [1.807, 2.05) is 0 Å². The summed E-state index contributed by atoms with van der Waals surface area (Å²) >= 11 is 0. The first-order chi connectivity index (χ1) is 9.21. The minimum absolute atomic E-state index is 0.461. The zero-order valence-corrected chi connectivity index (χ0v) is 12.5. The highest BCUT2D eigenvalue weighted by atomic mass is 14.9. The molecule has 0 heterocycles. The summed E-state index contributed by atoms with van der Waals surface area (Å²) in [4.78, 5) is 0. The topological polar surface area (TPSA) is 12.0 Å². The smallest absolute Gasteiger partial charge is 0.00109 e. The Morgan fingerprint density at radius 3 is 2.74 bits per heavy atom. The van der Waals surface area contributed by atoms with E-state index in [9.17, 15) is 0 Å². The Bertz CT molecular complexity index is 447. The molecule has 19 heavy (non-hydrogen) atoms. The number of rotatable bonds is 6. The number of nitrogens with one attached hydrogen (secondary N) is 1. The molecule has 1 N–H and O–H groups in total. The molecular formula is C18H27N. The largest absolute Gasteiger partial charge is 0.316 e. The Labute approximate surface area is 117 Å². The number of hydrogen-bond acceptors (Lipinski definition) is 1. The van der Waals surface area contributed by atoms with Gasteiger partial charge in [0.05, 0.1) is 0 Å². The van der Waals surface area contributed by atoms with Gasteiger partial charge in [0, 0.05) is 6.54 Å². The van der Waals surface area contributed by atoms with Gasteiger partial charge in [0.1, 0.15) is 0 Å². The lowest BCUT2D eigenvalue weighted by molar-refractivity contribution is 0.258. The molecule has 1 heteroatoms. The second kappa shape index (κ2) is 5.28. The van der Waals surface area contributed by atoms with Crippen LogP contribution >= 0.6 is 0 Å². The van der Waals surface area contributed by atoms with Crippen LogP contribution in [-0.4, -0.2) is 13.1 Å². The molecular weight excluding hydrogens is 230 g/mol. The molecule has 0 saturated heterocycles. The molecule has 1 aromatic rings. The molecule has 0 spiro atoms. The maximum atomic E-state index is 3.58. The van der Waals surface area contributed by atoms with Gasteiger partial charge in [-0.2, -0.15) is 0 Å². The van der Waals surface area contributed by atoms with Gasteiger partial charge >= 0.3 is 0 Å². The molecule has 0 aromatic heterocycles. The minimum Gasteiger partial charge on any atom is -0.316 e. The van der Waals surface area contributed by atoms with E-state index in [0.29, 0.717) is 5.41 Å². The van der Waals surface area contributed by atoms with Crippen molar-refractivity contribution in [2.75, 3.05) is 13.1 Å². The van der Waals surface area contributed by atoms with Crippen molar-refractivity contribution in [3.63, 3.8) is 0 Å². The number of hydrogen-bond donors (Lipinski definition) is 1. The number of aryl methyl sites for hydroxylation is 2. The average Bonchev–Trinajstić information content (AvgIpc) is 3.17. The van der Waals surface area contributed by atoms with Crippen LogP contribution in [0.5, 0.6) is 0 Å². The fourth-order valence-electron chi connectivity index (χ4n) is 3.74. The van der Waals surface area contributed by atoms with Crippen molar-refractivity contribution in [2.45, 2.75) is 52.4 Å². The van der Waals surface area contributed by atoms with Gasteiger partial charge in [-0.3, -0.25) is 0 Å². The van der Waals surface area contributed by atoms with Gasteiger partial charge in [-0.1, -0.05) is 32.0 Å². The third-order valence-electron chi connectivity index (χ3n) is 5.11. The van der Waals surface area contributed by atoms with Crippen LogP contribution in [-0.2, 0) is 19.3 Å². The third-order valence-corrected chi connectivity index (χ3v) is 5.11. The van der Waals surface area contributed by atoms with Crippen LogP contribution < -0.4 is 5.32 Å². The van der Waals surface area contributed by atoms with Gasteiger partial charge in [-0.05, 0) is 73.1 Å². The van der Waals surface area contributed by atoms with E-state index < -0.39 is 0 Å². The zero-order valence-electron chi connectivity index (χ0n) is 12.5. The minimum atomic E-state index is 0.461. The van der Waals surface area contributed by atoms with Gasteiger partial charge < -0.3 is 5.32 Å². The second-order valence-corrected chi connectivity index (χ2v) is 6.84. The molecule has 1 saturated carbocycles. The van der Waals surface area contributed by atoms with Crippen molar-refractivity contribution >= 4 is 0 Å². The highest BCUT2D eigenvalue weighted by Crippen LogP contribution is 2.47. The summed E-state index contributed by atoms with van der Waals surface area (Å²) in [6, 6.07) is 7.27. The van der Waals surface area contributed by atoms with E-state index in [4.69, 9.17) is 0 Å². The van der Waals surface area contributed by atoms with Gasteiger partial charge in [0.15, 0.2) is 0 Å². The zero-order chi connectivity index (χ0) is 13.3. The van der Waals surface area contributed by atoms with Crippen molar-refractivity contribution in [3.05, 3.63) is 34.9 Å². The van der Waals surface area contributed by atoms with Gasteiger partial charge in [-0.15, -0.1) is 0 Å². The molecule has 1 atom stereocenters. The summed E-state index contributed by atoms with van der Waals surface area (Å²) in [6.45, 7) is 6.96. The first-order valence-electron chi connectivity index (χ1n) is 8.03. The van der Waals surface area contributed by atoms with Crippen molar-refractivity contribution in [1.82, 2.24) is 5.32 Å². The Morgan fingerprint density at radius 2 is 2.00 bits per heavy atom. The van der Waals surface area contributed by atoms with Crippen LogP contribution in [0, 0.1) is 11.3 Å². The van der Waals surface area contributed by atoms with E-state index >= 15 is 0 Å². The molecule has 0 aliphatic heterocycles. The monoisotopic (exact) mass is 257 g/mol. The van der Waals surface area contributed by atoms with Gasteiger partial charge in [0.25, 0.3) is 0 Å². The predicted octanol–water partition coefficient (Wildman–Crippen LogP) is 3.74. The van der Waals surface area contributed by atoms with Crippen LogP contribution in [0.3, 0.4) is 0 Å². The SMILES string of the molecule is CCNCC(C)(Cc1ccc2c(c1)CCC2)C1CC1. The summed E-state index contributed by atoms with van der Waals surface area (Å²) in [5, 5.41) is 3.58. The molecule has 2 aliphatic rings. The maximum absolute atomic E-state index is 3.58. The molecule has 1 aromatic carbocycles. The molecule has 1 unspecified atom stereocenters. The first-order valence-corrected chi connectivity index (χ1v) is 8.03. The van der Waals surface area contributed by atoms with Crippen molar-refractivity contribution in [2.24, 2.45) is 11.3 Å². The van der Waals surface area contributed by atoms with Crippen molar-refractivity contribution in [1.29, 1.82) is 0 Å². The summed E-state index contributed by atoms with van der Waals surface area (Å²) in [5.41, 5.74) is 5.25. The highest BCUT2D eigenvalue weighted by Gasteiger charge is 2.40. The summed E-state index contributed by atoms with van der Waals surface area (Å²) < 4.78 is 0. The molecule has 0 amide bonds. The summed E-state index contributed by atoms with van der Waals surface area (Å²) in [7, 11) is 0. The van der Waals surface area contributed by atoms with E-state index in [-0.39, 0.29) is 0 Å². The standard InChI is InChI=1S/C18H27N/c1-3-19-13-18(2,17-9-10-17)12-14-7-8-15-5-4-6-16(15)11-14/h7-8,11,17,19H,3-6,9-10,12-13H2,1-2H3.